The zero-order valence-electron chi connectivity index (χ0n) is 20.8. The molecule has 2 unspecified atom stereocenters. The molecule has 1 aliphatic heterocycles. The smallest absolute Gasteiger partial charge is 0.0378 e. The van der Waals surface area contributed by atoms with E-state index in [1.807, 2.05) is 0 Å². The SMILES string of the molecule is CC1=PC(C)(C(C)P(c2c(C)cc(C)cc2C)c2c(C)cc(C)cc2C)C(C)=C1C. The molecule has 0 spiro atoms. The number of allylic oxidation sites excluding steroid dienone is 2. The monoisotopic (exact) mass is 436 g/mol. The van der Waals surface area contributed by atoms with Gasteiger partial charge in [-0.15, -0.1) is 0 Å². The first-order chi connectivity index (χ1) is 13.9. The molecule has 2 atom stereocenters. The van der Waals surface area contributed by atoms with Crippen molar-refractivity contribution in [2.75, 3.05) is 0 Å². The molecule has 0 fully saturated rings. The molecule has 0 amide bonds. The van der Waals surface area contributed by atoms with Crippen LogP contribution in [0.3, 0.4) is 0 Å². The largest absolute Gasteiger partial charge is 0.0893 e. The van der Waals surface area contributed by atoms with Crippen molar-refractivity contribution in [2.45, 2.75) is 87.0 Å². The molecule has 0 aliphatic carbocycles. The van der Waals surface area contributed by atoms with Gasteiger partial charge in [-0.25, -0.2) is 0 Å². The average molecular weight is 437 g/mol. The summed E-state index contributed by atoms with van der Waals surface area (Å²) in [5.74, 6) is 0. The van der Waals surface area contributed by atoms with Gasteiger partial charge in [0.25, 0.3) is 0 Å². The van der Waals surface area contributed by atoms with E-state index in [4.69, 9.17) is 0 Å². The van der Waals surface area contributed by atoms with Crippen LogP contribution in [0, 0.1) is 41.5 Å². The van der Waals surface area contributed by atoms with Crippen LogP contribution in [-0.2, 0) is 0 Å². The Balaban J connectivity index is 2.33. The maximum atomic E-state index is 2.53. The molecule has 2 heteroatoms. The van der Waals surface area contributed by atoms with Crippen molar-refractivity contribution in [2.24, 2.45) is 0 Å². The quantitative estimate of drug-likeness (QED) is 0.433. The van der Waals surface area contributed by atoms with E-state index in [1.165, 1.54) is 47.2 Å². The Bertz CT molecular complexity index is 967. The lowest BCUT2D eigenvalue weighted by atomic mass is 9.93. The lowest BCUT2D eigenvalue weighted by molar-refractivity contribution is 0.721. The van der Waals surface area contributed by atoms with Crippen molar-refractivity contribution in [3.05, 3.63) is 68.8 Å². The number of aryl methyl sites for hydroxylation is 6. The van der Waals surface area contributed by atoms with E-state index in [0.29, 0.717) is 5.66 Å². The van der Waals surface area contributed by atoms with Crippen molar-refractivity contribution in [1.82, 2.24) is 0 Å². The summed E-state index contributed by atoms with van der Waals surface area (Å²) in [5.41, 5.74) is 12.3. The molecule has 0 aromatic heterocycles. The van der Waals surface area contributed by atoms with Crippen molar-refractivity contribution in [3.63, 3.8) is 0 Å². The van der Waals surface area contributed by atoms with Crippen LogP contribution in [0.1, 0.15) is 68.0 Å². The van der Waals surface area contributed by atoms with Gasteiger partial charge in [0, 0.05) is 10.8 Å². The molecule has 0 N–H and O–H groups in total. The molecule has 2 aromatic carbocycles. The second kappa shape index (κ2) is 8.37. The van der Waals surface area contributed by atoms with Crippen molar-refractivity contribution < 1.29 is 0 Å². The van der Waals surface area contributed by atoms with Crippen LogP contribution in [0.4, 0.5) is 0 Å². The Morgan fingerprint density at radius 2 is 1.07 bits per heavy atom. The lowest BCUT2D eigenvalue weighted by Gasteiger charge is -2.40. The van der Waals surface area contributed by atoms with Crippen LogP contribution >= 0.6 is 16.1 Å². The Morgan fingerprint density at radius 3 is 1.37 bits per heavy atom. The Morgan fingerprint density at radius 1 is 0.700 bits per heavy atom. The van der Waals surface area contributed by atoms with Crippen LogP contribution < -0.4 is 10.6 Å². The maximum Gasteiger partial charge on any atom is 0.0378 e. The second-order valence-electron chi connectivity index (χ2n) is 9.64. The summed E-state index contributed by atoms with van der Waals surface area (Å²) in [4.78, 5) is 0. The molecule has 160 valence electrons. The van der Waals surface area contributed by atoms with E-state index >= 15 is 0 Å². The van der Waals surface area contributed by atoms with Gasteiger partial charge in [0.2, 0.25) is 0 Å². The molecule has 1 heterocycles. The van der Waals surface area contributed by atoms with Gasteiger partial charge in [-0.1, -0.05) is 56.1 Å². The summed E-state index contributed by atoms with van der Waals surface area (Å²) in [6, 6.07) is 9.57. The van der Waals surface area contributed by atoms with Gasteiger partial charge in [-0.05, 0) is 121 Å². The first-order valence-electron chi connectivity index (χ1n) is 11.1. The Kier molecular flexibility index (Phi) is 6.54. The summed E-state index contributed by atoms with van der Waals surface area (Å²) >= 11 is 0. The highest BCUT2D eigenvalue weighted by atomic mass is 31.1. The fourth-order valence-electron chi connectivity index (χ4n) is 5.43. The molecule has 0 nitrogen and oxygen atoms in total. The molecular formula is C28H38P2. The molecule has 0 saturated heterocycles. The first kappa shape index (κ1) is 23.4. The van der Waals surface area contributed by atoms with Crippen LogP contribution in [0.2, 0.25) is 0 Å². The normalized spacial score (nSPS) is 20.7. The summed E-state index contributed by atoms with van der Waals surface area (Å²) in [5, 5.41) is 4.94. The molecule has 3 rings (SSSR count). The summed E-state index contributed by atoms with van der Waals surface area (Å²) in [6.07, 6.45) is 0. The molecule has 30 heavy (non-hydrogen) atoms. The standard InChI is InChI=1S/C28H38P2/c1-16-12-18(3)26(19(4)13-16)30(27-20(5)14-17(2)15-21(27)6)25(10)28(11)23(8)22(7)24(9)29-28/h12-15,25H,1-11H3. The van der Waals surface area contributed by atoms with Gasteiger partial charge in [-0.2, -0.15) is 0 Å². The van der Waals surface area contributed by atoms with Gasteiger partial charge >= 0.3 is 0 Å². The van der Waals surface area contributed by atoms with Crippen LogP contribution in [-0.4, -0.2) is 16.1 Å². The Hall–Kier alpha value is -1.22. The zero-order chi connectivity index (χ0) is 22.5. The van der Waals surface area contributed by atoms with E-state index < -0.39 is 7.92 Å². The summed E-state index contributed by atoms with van der Waals surface area (Å²) < 4.78 is 0. The van der Waals surface area contributed by atoms with Crippen LogP contribution in [0.15, 0.2) is 35.4 Å². The lowest BCUT2D eigenvalue weighted by Crippen LogP contribution is -2.38. The van der Waals surface area contributed by atoms with Crippen LogP contribution in [0.25, 0.3) is 0 Å². The first-order valence-corrected chi connectivity index (χ1v) is 13.4. The number of rotatable bonds is 4. The maximum absolute atomic E-state index is 2.53. The number of hydrogen-bond acceptors (Lipinski definition) is 0. The number of benzene rings is 2. The average Bonchev–Trinajstić information content (AvgIpc) is 2.82. The van der Waals surface area contributed by atoms with E-state index in [1.54, 1.807) is 21.5 Å². The molecule has 0 bridgehead atoms. The molecule has 0 saturated carbocycles. The van der Waals surface area contributed by atoms with Crippen molar-refractivity contribution >= 4 is 32.0 Å². The van der Waals surface area contributed by atoms with E-state index in [2.05, 4.69) is 100 Å². The highest BCUT2D eigenvalue weighted by Gasteiger charge is 2.43. The van der Waals surface area contributed by atoms with E-state index in [9.17, 15) is 0 Å². The minimum absolute atomic E-state index is 0.188. The Labute approximate surface area is 187 Å². The summed E-state index contributed by atoms with van der Waals surface area (Å²) in [7, 11) is 0.996. The highest BCUT2D eigenvalue weighted by Crippen LogP contribution is 2.56. The third kappa shape index (κ3) is 3.87. The third-order valence-corrected chi connectivity index (χ3v) is 12.9. The van der Waals surface area contributed by atoms with Gasteiger partial charge in [0.1, 0.15) is 0 Å². The molecule has 1 aliphatic rings. The molecule has 0 radical (unpaired) electrons. The fraction of sp³-hybridized carbons (Fsp3) is 0.464. The highest BCUT2D eigenvalue weighted by molar-refractivity contribution is 7.74. The van der Waals surface area contributed by atoms with Gasteiger partial charge < -0.3 is 0 Å². The van der Waals surface area contributed by atoms with Gasteiger partial charge in [0.05, 0.1) is 0 Å². The minimum Gasteiger partial charge on any atom is -0.0893 e. The minimum atomic E-state index is -0.499. The van der Waals surface area contributed by atoms with Crippen molar-refractivity contribution in [3.8, 4) is 0 Å². The number of hydrogen-bond donors (Lipinski definition) is 0. The van der Waals surface area contributed by atoms with Crippen LogP contribution in [0.5, 0.6) is 0 Å². The third-order valence-electron chi connectivity index (χ3n) is 7.22. The predicted molar refractivity (Wildman–Crippen MR) is 141 cm³/mol. The van der Waals surface area contributed by atoms with E-state index in [0.717, 1.165) is 0 Å². The second-order valence-corrected chi connectivity index (χ2v) is 13.9. The topological polar surface area (TPSA) is 0 Å². The van der Waals surface area contributed by atoms with Gasteiger partial charge in [-0.3, -0.25) is 0 Å². The summed E-state index contributed by atoms with van der Waals surface area (Å²) in [6.45, 7) is 25.8. The van der Waals surface area contributed by atoms with Gasteiger partial charge in [0.15, 0.2) is 0 Å². The van der Waals surface area contributed by atoms with E-state index in [-0.39, 0.29) is 5.16 Å². The predicted octanol–water partition coefficient (Wildman–Crippen LogP) is 7.61. The molecular weight excluding hydrogens is 398 g/mol. The zero-order valence-corrected chi connectivity index (χ0v) is 22.6. The molecule has 2 aromatic rings. The van der Waals surface area contributed by atoms with Crippen molar-refractivity contribution in [1.29, 1.82) is 0 Å². The fourth-order valence-corrected chi connectivity index (χ4v) is 11.0.